The molecule has 1 aliphatic rings. The number of aliphatic hydroxyl groups is 1. The predicted octanol–water partition coefficient (Wildman–Crippen LogP) is -0.266. The van der Waals surface area contributed by atoms with Gasteiger partial charge >= 0.3 is 5.97 Å². The highest BCUT2D eigenvalue weighted by atomic mass is 16.4. The summed E-state index contributed by atoms with van der Waals surface area (Å²) >= 11 is 0. The fraction of sp³-hybridized carbons (Fsp3) is 0.385. The minimum absolute atomic E-state index is 0.0783. The van der Waals surface area contributed by atoms with Crippen molar-refractivity contribution >= 4 is 11.9 Å². The van der Waals surface area contributed by atoms with Crippen LogP contribution in [-0.4, -0.2) is 45.6 Å². The highest BCUT2D eigenvalue weighted by molar-refractivity contribution is 5.85. The molecule has 102 valence electrons. The van der Waals surface area contributed by atoms with Gasteiger partial charge < -0.3 is 20.8 Å². The van der Waals surface area contributed by atoms with Gasteiger partial charge in [-0.25, -0.2) is 0 Å². The zero-order valence-electron chi connectivity index (χ0n) is 10.3. The fourth-order valence-corrected chi connectivity index (χ4v) is 2.15. The standard InChI is InChI=1S/C13H16N2O4/c14-13(12(18)19)6-7-15(8-13)11(17)10(16)9-4-2-1-3-5-9/h1-5,10,16H,6-8,14H2,(H,18,19). The third kappa shape index (κ3) is 2.59. The van der Waals surface area contributed by atoms with E-state index in [9.17, 15) is 14.7 Å². The predicted molar refractivity (Wildman–Crippen MR) is 67.2 cm³/mol. The third-order valence-corrected chi connectivity index (χ3v) is 3.39. The molecule has 1 aromatic rings. The fourth-order valence-electron chi connectivity index (χ4n) is 2.15. The van der Waals surface area contributed by atoms with Crippen molar-refractivity contribution in [3.05, 3.63) is 35.9 Å². The van der Waals surface area contributed by atoms with Gasteiger partial charge in [-0.3, -0.25) is 9.59 Å². The SMILES string of the molecule is NC1(C(=O)O)CCN(C(=O)C(O)c2ccccc2)C1. The summed E-state index contributed by atoms with van der Waals surface area (Å²) in [4.78, 5) is 24.4. The van der Waals surface area contributed by atoms with Crippen molar-refractivity contribution in [2.75, 3.05) is 13.1 Å². The summed E-state index contributed by atoms with van der Waals surface area (Å²) in [5.41, 5.74) is 4.77. The molecule has 6 heteroatoms. The summed E-state index contributed by atoms with van der Waals surface area (Å²) < 4.78 is 0. The molecule has 0 aliphatic carbocycles. The van der Waals surface area contributed by atoms with Gasteiger partial charge in [-0.05, 0) is 12.0 Å². The van der Waals surface area contributed by atoms with Gasteiger partial charge in [0.05, 0.1) is 0 Å². The van der Waals surface area contributed by atoms with Crippen LogP contribution in [0.3, 0.4) is 0 Å². The molecule has 0 spiro atoms. The summed E-state index contributed by atoms with van der Waals surface area (Å²) in [6.45, 7) is 0.163. The lowest BCUT2D eigenvalue weighted by molar-refractivity contribution is -0.144. The maximum Gasteiger partial charge on any atom is 0.325 e. The zero-order valence-corrected chi connectivity index (χ0v) is 10.3. The molecule has 1 heterocycles. The molecule has 2 rings (SSSR count). The number of nitrogens with zero attached hydrogens (tertiary/aromatic N) is 1. The Kier molecular flexibility index (Phi) is 3.55. The van der Waals surface area contributed by atoms with E-state index in [1.807, 2.05) is 0 Å². The van der Waals surface area contributed by atoms with E-state index in [0.29, 0.717) is 5.56 Å². The number of aliphatic carboxylic acids is 1. The van der Waals surface area contributed by atoms with E-state index in [2.05, 4.69) is 0 Å². The van der Waals surface area contributed by atoms with Crippen molar-refractivity contribution < 1.29 is 19.8 Å². The summed E-state index contributed by atoms with van der Waals surface area (Å²) in [6.07, 6.45) is -1.09. The van der Waals surface area contributed by atoms with Crippen molar-refractivity contribution in [1.29, 1.82) is 0 Å². The molecular formula is C13H16N2O4. The zero-order chi connectivity index (χ0) is 14.0. The molecule has 1 saturated heterocycles. The first kappa shape index (κ1) is 13.5. The quantitative estimate of drug-likeness (QED) is 0.697. The molecule has 0 radical (unpaired) electrons. The van der Waals surface area contributed by atoms with Crippen molar-refractivity contribution in [3.63, 3.8) is 0 Å². The molecule has 6 nitrogen and oxygen atoms in total. The van der Waals surface area contributed by atoms with Crippen molar-refractivity contribution in [3.8, 4) is 0 Å². The highest BCUT2D eigenvalue weighted by Gasteiger charge is 2.44. The van der Waals surface area contributed by atoms with Gasteiger partial charge in [-0.1, -0.05) is 30.3 Å². The van der Waals surface area contributed by atoms with Crippen LogP contribution in [0.15, 0.2) is 30.3 Å². The molecule has 0 aromatic heterocycles. The Hall–Kier alpha value is -1.92. The maximum atomic E-state index is 12.1. The first-order valence-electron chi connectivity index (χ1n) is 5.98. The van der Waals surface area contributed by atoms with E-state index < -0.39 is 23.5 Å². The molecule has 1 aliphatic heterocycles. The van der Waals surface area contributed by atoms with E-state index in [0.717, 1.165) is 0 Å². The van der Waals surface area contributed by atoms with Gasteiger partial charge in [0.15, 0.2) is 6.10 Å². The van der Waals surface area contributed by atoms with Gasteiger partial charge in [0.1, 0.15) is 5.54 Å². The number of carboxylic acid groups (broad SMARTS) is 1. The Morgan fingerprint density at radius 3 is 2.47 bits per heavy atom. The Labute approximate surface area is 110 Å². The molecule has 1 amide bonds. The van der Waals surface area contributed by atoms with Crippen LogP contribution in [0.5, 0.6) is 0 Å². The number of benzene rings is 1. The molecule has 2 atom stereocenters. The second-order valence-corrected chi connectivity index (χ2v) is 4.78. The number of amides is 1. The van der Waals surface area contributed by atoms with Crippen LogP contribution in [0.4, 0.5) is 0 Å². The second kappa shape index (κ2) is 4.99. The number of carbonyl (C=O) groups is 2. The molecular weight excluding hydrogens is 248 g/mol. The van der Waals surface area contributed by atoms with E-state index in [-0.39, 0.29) is 19.5 Å². The largest absolute Gasteiger partial charge is 0.480 e. The molecule has 19 heavy (non-hydrogen) atoms. The van der Waals surface area contributed by atoms with E-state index >= 15 is 0 Å². The van der Waals surface area contributed by atoms with Crippen molar-refractivity contribution in [1.82, 2.24) is 4.90 Å². The number of rotatable bonds is 3. The number of nitrogens with two attached hydrogens (primary N) is 1. The topological polar surface area (TPSA) is 104 Å². The van der Waals surface area contributed by atoms with Crippen LogP contribution in [0.25, 0.3) is 0 Å². The van der Waals surface area contributed by atoms with Gasteiger partial charge in [0.25, 0.3) is 5.91 Å². The van der Waals surface area contributed by atoms with Crippen LogP contribution in [-0.2, 0) is 9.59 Å². The summed E-state index contributed by atoms with van der Waals surface area (Å²) in [6, 6.07) is 8.52. The van der Waals surface area contributed by atoms with Gasteiger partial charge in [0, 0.05) is 13.1 Å². The average molecular weight is 264 g/mol. The normalized spacial score (nSPS) is 24.2. The van der Waals surface area contributed by atoms with Crippen molar-refractivity contribution in [2.24, 2.45) is 5.73 Å². The van der Waals surface area contributed by atoms with E-state index in [4.69, 9.17) is 10.8 Å². The first-order chi connectivity index (χ1) is 8.94. The highest BCUT2D eigenvalue weighted by Crippen LogP contribution is 2.23. The Morgan fingerprint density at radius 1 is 1.32 bits per heavy atom. The smallest absolute Gasteiger partial charge is 0.325 e. The minimum atomic E-state index is -1.41. The Balaban J connectivity index is 2.08. The lowest BCUT2D eigenvalue weighted by Gasteiger charge is -2.22. The van der Waals surface area contributed by atoms with Crippen LogP contribution >= 0.6 is 0 Å². The van der Waals surface area contributed by atoms with E-state index in [1.165, 1.54) is 4.90 Å². The minimum Gasteiger partial charge on any atom is -0.480 e. The van der Waals surface area contributed by atoms with Crippen LogP contribution in [0.1, 0.15) is 18.1 Å². The third-order valence-electron chi connectivity index (χ3n) is 3.39. The molecule has 1 aromatic carbocycles. The number of likely N-dealkylation sites (tertiary alicyclic amines) is 1. The first-order valence-corrected chi connectivity index (χ1v) is 5.98. The molecule has 2 unspecified atom stereocenters. The number of carboxylic acids is 1. The van der Waals surface area contributed by atoms with Crippen molar-refractivity contribution in [2.45, 2.75) is 18.1 Å². The Bertz CT molecular complexity index is 491. The number of hydrogen-bond donors (Lipinski definition) is 3. The number of hydrogen-bond acceptors (Lipinski definition) is 4. The lowest BCUT2D eigenvalue weighted by atomic mass is 10.0. The number of aliphatic hydroxyl groups excluding tert-OH is 1. The van der Waals surface area contributed by atoms with E-state index in [1.54, 1.807) is 30.3 Å². The molecule has 0 saturated carbocycles. The van der Waals surface area contributed by atoms with Crippen LogP contribution < -0.4 is 5.73 Å². The summed E-state index contributed by atoms with van der Waals surface area (Å²) in [5, 5.41) is 19.0. The maximum absolute atomic E-state index is 12.1. The van der Waals surface area contributed by atoms with Gasteiger partial charge in [-0.15, -0.1) is 0 Å². The molecule has 1 fully saturated rings. The summed E-state index contributed by atoms with van der Waals surface area (Å²) in [5.74, 6) is -1.64. The van der Waals surface area contributed by atoms with Crippen LogP contribution in [0, 0.1) is 0 Å². The average Bonchev–Trinajstić information content (AvgIpc) is 2.82. The van der Waals surface area contributed by atoms with Gasteiger partial charge in [0.2, 0.25) is 0 Å². The molecule has 0 bridgehead atoms. The second-order valence-electron chi connectivity index (χ2n) is 4.78. The lowest BCUT2D eigenvalue weighted by Crippen LogP contribution is -2.51. The van der Waals surface area contributed by atoms with Crippen LogP contribution in [0.2, 0.25) is 0 Å². The molecule has 4 N–H and O–H groups in total. The number of carbonyl (C=O) groups excluding carboxylic acids is 1. The Morgan fingerprint density at radius 2 is 1.95 bits per heavy atom. The monoisotopic (exact) mass is 264 g/mol. The van der Waals surface area contributed by atoms with Gasteiger partial charge in [-0.2, -0.15) is 0 Å². The summed E-state index contributed by atoms with van der Waals surface area (Å²) in [7, 11) is 0.